The molecule has 78 valence electrons. The van der Waals surface area contributed by atoms with Crippen LogP contribution in [0.25, 0.3) is 0 Å². The zero-order valence-corrected chi connectivity index (χ0v) is 8.79. The maximum absolute atomic E-state index is 11.0. The number of rotatable bonds is 5. The number of aliphatic hydroxyl groups is 1. The number of ether oxygens (including phenoxy) is 1. The maximum atomic E-state index is 11.0. The van der Waals surface area contributed by atoms with Crippen molar-refractivity contribution in [3.63, 3.8) is 0 Å². The molecule has 4 nitrogen and oxygen atoms in total. The Balaban J connectivity index is 2.28. The lowest BCUT2D eigenvalue weighted by Crippen LogP contribution is -2.06. The number of esters is 1. The molecule has 0 aromatic carbocycles. The lowest BCUT2D eigenvalue weighted by Gasteiger charge is -2.06. The molecule has 14 heavy (non-hydrogen) atoms. The highest BCUT2D eigenvalue weighted by molar-refractivity contribution is 7.09. The minimum Gasteiger partial charge on any atom is -0.466 e. The van der Waals surface area contributed by atoms with Gasteiger partial charge < -0.3 is 9.84 Å². The Bertz CT molecular complexity index is 274. The molecule has 0 spiro atoms. The summed E-state index contributed by atoms with van der Waals surface area (Å²) in [4.78, 5) is 15.6. The third kappa shape index (κ3) is 3.43. The van der Waals surface area contributed by atoms with Gasteiger partial charge >= 0.3 is 5.97 Å². The minimum absolute atomic E-state index is 0.243. The molecular weight excluding hydrogens is 202 g/mol. The molecule has 5 heteroatoms. The van der Waals surface area contributed by atoms with Gasteiger partial charge in [0.05, 0.1) is 23.1 Å². The summed E-state index contributed by atoms with van der Waals surface area (Å²) in [5, 5.41) is 9.59. The second kappa shape index (κ2) is 5.72. The number of thiazole rings is 1. The van der Waals surface area contributed by atoms with E-state index in [4.69, 9.17) is 4.74 Å². The van der Waals surface area contributed by atoms with Gasteiger partial charge in [-0.3, -0.25) is 9.78 Å². The van der Waals surface area contributed by atoms with Gasteiger partial charge in [0.1, 0.15) is 0 Å². The van der Waals surface area contributed by atoms with Gasteiger partial charge in [-0.15, -0.1) is 11.3 Å². The predicted molar refractivity (Wildman–Crippen MR) is 52.9 cm³/mol. The molecular formula is C9H13NO3S. The number of carbonyl (C=O) groups excluding carboxylic acids is 1. The fourth-order valence-corrected chi connectivity index (χ4v) is 1.66. The van der Waals surface area contributed by atoms with Gasteiger partial charge in [-0.1, -0.05) is 0 Å². The Labute approximate surface area is 86.6 Å². The highest BCUT2D eigenvalue weighted by Gasteiger charge is 2.11. The molecule has 1 heterocycles. The molecule has 0 fully saturated rings. The fraction of sp³-hybridized carbons (Fsp3) is 0.556. The molecule has 0 aliphatic rings. The fourth-order valence-electron chi connectivity index (χ4n) is 1.02. The Morgan fingerprint density at radius 3 is 3.14 bits per heavy atom. The average Bonchev–Trinajstić information content (AvgIpc) is 2.67. The molecule has 0 aliphatic heterocycles. The molecule has 0 bridgehead atoms. The van der Waals surface area contributed by atoms with Crippen LogP contribution in [-0.4, -0.2) is 22.7 Å². The average molecular weight is 215 g/mol. The highest BCUT2D eigenvalue weighted by Crippen LogP contribution is 2.21. The minimum atomic E-state index is -0.605. The first-order valence-electron chi connectivity index (χ1n) is 4.46. The van der Waals surface area contributed by atoms with Gasteiger partial charge in [-0.25, -0.2) is 0 Å². The van der Waals surface area contributed by atoms with Crippen LogP contribution < -0.4 is 0 Å². The van der Waals surface area contributed by atoms with Crippen molar-refractivity contribution >= 4 is 17.3 Å². The molecule has 1 aromatic rings. The topological polar surface area (TPSA) is 59.4 Å². The van der Waals surface area contributed by atoms with Crippen LogP contribution in [0.2, 0.25) is 0 Å². The van der Waals surface area contributed by atoms with Crippen molar-refractivity contribution in [2.75, 3.05) is 6.61 Å². The second-order valence-corrected chi connectivity index (χ2v) is 3.68. The summed E-state index contributed by atoms with van der Waals surface area (Å²) in [6.07, 6.45) is 1.64. The molecule has 0 saturated carbocycles. The van der Waals surface area contributed by atoms with Crippen molar-refractivity contribution in [3.05, 3.63) is 16.6 Å². The van der Waals surface area contributed by atoms with Crippen molar-refractivity contribution in [2.24, 2.45) is 0 Å². The van der Waals surface area contributed by atoms with E-state index in [-0.39, 0.29) is 12.4 Å². The van der Waals surface area contributed by atoms with E-state index in [1.54, 1.807) is 18.6 Å². The van der Waals surface area contributed by atoms with Crippen molar-refractivity contribution < 1.29 is 14.6 Å². The smallest absolute Gasteiger partial charge is 0.305 e. The zero-order valence-electron chi connectivity index (χ0n) is 7.97. The molecule has 1 atom stereocenters. The first-order chi connectivity index (χ1) is 6.74. The van der Waals surface area contributed by atoms with Crippen LogP contribution >= 0.6 is 11.3 Å². The van der Waals surface area contributed by atoms with Gasteiger partial charge in [0.15, 0.2) is 0 Å². The molecule has 0 amide bonds. The Kier molecular flexibility index (Phi) is 4.55. The van der Waals surface area contributed by atoms with Crippen LogP contribution in [0.15, 0.2) is 11.7 Å². The molecule has 1 N–H and O–H groups in total. The Morgan fingerprint density at radius 1 is 1.79 bits per heavy atom. The predicted octanol–water partition coefficient (Wildman–Crippen LogP) is 1.52. The van der Waals surface area contributed by atoms with Crippen molar-refractivity contribution in [2.45, 2.75) is 25.9 Å². The van der Waals surface area contributed by atoms with E-state index in [0.29, 0.717) is 13.0 Å². The number of hydrogen-bond acceptors (Lipinski definition) is 5. The Hall–Kier alpha value is -0.940. The van der Waals surface area contributed by atoms with E-state index in [9.17, 15) is 9.90 Å². The number of hydrogen-bond donors (Lipinski definition) is 1. The largest absolute Gasteiger partial charge is 0.466 e. The van der Waals surface area contributed by atoms with Gasteiger partial charge in [0.25, 0.3) is 0 Å². The van der Waals surface area contributed by atoms with Gasteiger partial charge in [-0.05, 0) is 13.3 Å². The number of aromatic nitrogens is 1. The van der Waals surface area contributed by atoms with E-state index in [0.717, 1.165) is 4.88 Å². The molecule has 0 saturated heterocycles. The van der Waals surface area contributed by atoms with E-state index in [1.807, 2.05) is 0 Å². The van der Waals surface area contributed by atoms with Gasteiger partial charge in [0.2, 0.25) is 0 Å². The van der Waals surface area contributed by atoms with Crippen LogP contribution in [0, 0.1) is 0 Å². The summed E-state index contributed by atoms with van der Waals surface area (Å²) < 4.78 is 4.75. The van der Waals surface area contributed by atoms with Crippen LogP contribution in [0.5, 0.6) is 0 Å². The lowest BCUT2D eigenvalue weighted by atomic mass is 10.2. The van der Waals surface area contributed by atoms with E-state index < -0.39 is 6.10 Å². The van der Waals surface area contributed by atoms with E-state index in [2.05, 4.69) is 4.98 Å². The maximum Gasteiger partial charge on any atom is 0.305 e. The van der Waals surface area contributed by atoms with Gasteiger partial charge in [0, 0.05) is 12.6 Å². The van der Waals surface area contributed by atoms with Crippen LogP contribution in [0.1, 0.15) is 30.7 Å². The summed E-state index contributed by atoms with van der Waals surface area (Å²) in [7, 11) is 0. The SMILES string of the molecule is CCOC(=O)CCC(O)c1cncs1. The van der Waals surface area contributed by atoms with Crippen LogP contribution in [-0.2, 0) is 9.53 Å². The number of nitrogens with zero attached hydrogens (tertiary/aromatic N) is 1. The molecule has 0 aliphatic carbocycles. The summed E-state index contributed by atoms with van der Waals surface area (Å²) in [6, 6.07) is 0. The Morgan fingerprint density at radius 2 is 2.57 bits per heavy atom. The third-order valence-electron chi connectivity index (χ3n) is 1.71. The first-order valence-corrected chi connectivity index (χ1v) is 5.34. The number of aliphatic hydroxyl groups excluding tert-OH is 1. The first kappa shape index (κ1) is 11.1. The van der Waals surface area contributed by atoms with Crippen molar-refractivity contribution in [1.29, 1.82) is 0 Å². The summed E-state index contributed by atoms with van der Waals surface area (Å²) >= 11 is 1.38. The van der Waals surface area contributed by atoms with Crippen LogP contribution in [0.4, 0.5) is 0 Å². The zero-order chi connectivity index (χ0) is 10.4. The summed E-state index contributed by atoms with van der Waals surface area (Å²) in [5.74, 6) is -0.268. The molecule has 0 radical (unpaired) electrons. The monoisotopic (exact) mass is 215 g/mol. The van der Waals surface area contributed by atoms with E-state index in [1.165, 1.54) is 11.3 Å². The lowest BCUT2D eigenvalue weighted by molar-refractivity contribution is -0.143. The summed E-state index contributed by atoms with van der Waals surface area (Å²) in [5.41, 5.74) is 1.66. The van der Waals surface area contributed by atoms with Gasteiger partial charge in [-0.2, -0.15) is 0 Å². The second-order valence-electron chi connectivity index (χ2n) is 2.76. The third-order valence-corrected chi connectivity index (χ3v) is 2.58. The summed E-state index contributed by atoms with van der Waals surface area (Å²) in [6.45, 7) is 2.15. The number of carbonyl (C=O) groups is 1. The molecule has 1 rings (SSSR count). The van der Waals surface area contributed by atoms with E-state index >= 15 is 0 Å². The highest BCUT2D eigenvalue weighted by atomic mass is 32.1. The normalized spacial score (nSPS) is 12.4. The van der Waals surface area contributed by atoms with Crippen molar-refractivity contribution in [1.82, 2.24) is 4.98 Å². The van der Waals surface area contributed by atoms with Crippen LogP contribution in [0.3, 0.4) is 0 Å². The molecule has 1 aromatic heterocycles. The standard InChI is InChI=1S/C9H13NO3S/c1-2-13-9(12)4-3-7(11)8-5-10-6-14-8/h5-7,11H,2-4H2,1H3. The quantitative estimate of drug-likeness (QED) is 0.756. The van der Waals surface area contributed by atoms with Crippen molar-refractivity contribution in [3.8, 4) is 0 Å². The molecule has 1 unspecified atom stereocenters.